The molecule has 2 aliphatic rings. The van der Waals surface area contributed by atoms with Crippen molar-refractivity contribution in [1.29, 1.82) is 0 Å². The van der Waals surface area contributed by atoms with E-state index in [0.717, 1.165) is 5.69 Å². The van der Waals surface area contributed by atoms with Gasteiger partial charge in [0.25, 0.3) is 6.43 Å². The molecule has 0 fully saturated rings. The monoisotopic (exact) mass is 402 g/mol. The number of aliphatic imine (C=N–C) groups is 2. The van der Waals surface area contributed by atoms with Gasteiger partial charge in [0.2, 0.25) is 5.96 Å². The van der Waals surface area contributed by atoms with Crippen LogP contribution in [0, 0.1) is 6.92 Å². The number of nitrogens with one attached hydrogen (secondary N) is 2. The van der Waals surface area contributed by atoms with E-state index in [0.29, 0.717) is 28.9 Å². The molecular formula is C19H20F2N6O2. The third kappa shape index (κ3) is 3.63. The topological polar surface area (TPSA) is 92.9 Å². The number of carbonyl (C=O) groups excluding carboxylic acids is 1. The molecule has 0 amide bonds. The minimum atomic E-state index is -2.64. The molecule has 8 nitrogen and oxygen atoms in total. The Morgan fingerprint density at radius 2 is 2.10 bits per heavy atom. The molecule has 0 radical (unpaired) electrons. The highest BCUT2D eigenvalue weighted by Crippen LogP contribution is 2.28. The summed E-state index contributed by atoms with van der Waals surface area (Å²) >= 11 is 0. The lowest BCUT2D eigenvalue weighted by molar-refractivity contribution is 0.0288. The minimum absolute atomic E-state index is 0.000582. The van der Waals surface area contributed by atoms with Gasteiger partial charge < -0.3 is 4.74 Å². The Kier molecular flexibility index (Phi) is 5.10. The van der Waals surface area contributed by atoms with Crippen LogP contribution in [0.3, 0.4) is 0 Å². The Labute approximate surface area is 165 Å². The van der Waals surface area contributed by atoms with Crippen molar-refractivity contribution in [2.75, 3.05) is 0 Å². The maximum atomic E-state index is 13.4. The van der Waals surface area contributed by atoms with Gasteiger partial charge in [0.05, 0.1) is 17.5 Å². The fourth-order valence-corrected chi connectivity index (χ4v) is 3.41. The quantitative estimate of drug-likeness (QED) is 0.592. The van der Waals surface area contributed by atoms with Gasteiger partial charge in [-0.25, -0.2) is 23.6 Å². The lowest BCUT2D eigenvalue weighted by Crippen LogP contribution is -2.42. The number of aryl methyl sites for hydroxylation is 1. The number of hydrazine groups is 1. The van der Waals surface area contributed by atoms with Gasteiger partial charge in [-0.1, -0.05) is 18.2 Å². The molecule has 2 N–H and O–H groups in total. The van der Waals surface area contributed by atoms with E-state index < -0.39 is 24.7 Å². The zero-order valence-electron chi connectivity index (χ0n) is 15.9. The highest BCUT2D eigenvalue weighted by atomic mass is 19.3. The van der Waals surface area contributed by atoms with Crippen molar-refractivity contribution in [2.24, 2.45) is 9.98 Å². The first-order chi connectivity index (χ1) is 14.0. The summed E-state index contributed by atoms with van der Waals surface area (Å²) in [6, 6.07) is 5.71. The number of hydrogen-bond donors (Lipinski definition) is 2. The first-order valence-corrected chi connectivity index (χ1v) is 9.25. The summed E-state index contributed by atoms with van der Waals surface area (Å²) in [5.74, 6) is -0.455. The van der Waals surface area contributed by atoms with Crippen LogP contribution in [0.15, 0.2) is 40.4 Å². The molecule has 0 bridgehead atoms. The Bertz CT molecular complexity index is 1000. The molecule has 2 aromatic rings. The number of aromatic nitrogens is 2. The van der Waals surface area contributed by atoms with Crippen LogP contribution in [0.1, 0.15) is 46.8 Å². The SMILES string of the molecule is CCn1ncc(C2=NC(NNC3OC(=O)c4ccccc43)=NC(C(F)F)C2)c1C. The number of esters is 1. The zero-order chi connectivity index (χ0) is 20.5. The van der Waals surface area contributed by atoms with Crippen molar-refractivity contribution in [2.45, 2.75) is 45.5 Å². The summed E-state index contributed by atoms with van der Waals surface area (Å²) in [6.45, 7) is 4.50. The van der Waals surface area contributed by atoms with E-state index in [4.69, 9.17) is 4.74 Å². The number of cyclic esters (lactones) is 1. The Morgan fingerprint density at radius 1 is 1.31 bits per heavy atom. The molecule has 0 spiro atoms. The van der Waals surface area contributed by atoms with Gasteiger partial charge in [-0.3, -0.25) is 10.1 Å². The summed E-state index contributed by atoms with van der Waals surface area (Å²) < 4.78 is 33.9. The van der Waals surface area contributed by atoms with E-state index in [1.54, 1.807) is 35.1 Å². The van der Waals surface area contributed by atoms with Gasteiger partial charge in [-0.2, -0.15) is 10.5 Å². The Hall–Kier alpha value is -3.14. The highest BCUT2D eigenvalue weighted by Gasteiger charge is 2.32. The van der Waals surface area contributed by atoms with E-state index in [9.17, 15) is 13.6 Å². The lowest BCUT2D eigenvalue weighted by Gasteiger charge is -2.21. The molecular weight excluding hydrogens is 382 g/mol. The number of hydrogen-bond acceptors (Lipinski definition) is 7. The molecule has 4 rings (SSSR count). The number of ether oxygens (including phenoxy) is 1. The van der Waals surface area contributed by atoms with Crippen LogP contribution in [0.25, 0.3) is 0 Å². The second-order valence-electron chi connectivity index (χ2n) is 6.72. The minimum Gasteiger partial charge on any atom is -0.437 e. The van der Waals surface area contributed by atoms with E-state index >= 15 is 0 Å². The van der Waals surface area contributed by atoms with Crippen LogP contribution in [-0.4, -0.2) is 39.9 Å². The molecule has 1 aromatic carbocycles. The summed E-state index contributed by atoms with van der Waals surface area (Å²) in [5, 5.41) is 4.26. The summed E-state index contributed by atoms with van der Waals surface area (Å²) in [6.07, 6.45) is -1.76. The maximum Gasteiger partial charge on any atom is 0.340 e. The van der Waals surface area contributed by atoms with Crippen molar-refractivity contribution in [1.82, 2.24) is 20.6 Å². The Balaban J connectivity index is 1.56. The predicted molar refractivity (Wildman–Crippen MR) is 102 cm³/mol. The first kappa shape index (κ1) is 19.2. The number of nitrogens with zero attached hydrogens (tertiary/aromatic N) is 4. The predicted octanol–water partition coefficient (Wildman–Crippen LogP) is 2.36. The normalized spacial score (nSPS) is 20.9. The summed E-state index contributed by atoms with van der Waals surface area (Å²) in [7, 11) is 0. The van der Waals surface area contributed by atoms with Gasteiger partial charge >= 0.3 is 5.97 Å². The standard InChI is InChI=1S/C19H20F2N6O2/c1-3-27-10(2)13(9-22-27)14-8-15(16(20)21)24-19(23-14)26-25-17-11-6-4-5-7-12(11)18(28)29-17/h4-7,9,15-17,25H,3,8H2,1-2H3,(H,24,26). The second kappa shape index (κ2) is 7.70. The smallest absolute Gasteiger partial charge is 0.340 e. The third-order valence-electron chi connectivity index (χ3n) is 4.94. The highest BCUT2D eigenvalue weighted by molar-refractivity contribution is 6.09. The average Bonchev–Trinajstić information content (AvgIpc) is 3.26. The van der Waals surface area contributed by atoms with Gasteiger partial charge in [-0.05, 0) is 19.9 Å². The molecule has 10 heteroatoms. The molecule has 152 valence electrons. The maximum absolute atomic E-state index is 13.4. The molecule has 29 heavy (non-hydrogen) atoms. The van der Waals surface area contributed by atoms with Crippen molar-refractivity contribution < 1.29 is 18.3 Å². The van der Waals surface area contributed by atoms with E-state index in [1.807, 2.05) is 13.8 Å². The number of fused-ring (bicyclic) bond motifs is 1. The molecule has 2 atom stereocenters. The van der Waals surface area contributed by atoms with Crippen molar-refractivity contribution >= 4 is 17.6 Å². The van der Waals surface area contributed by atoms with Crippen LogP contribution in [0.2, 0.25) is 0 Å². The zero-order valence-corrected chi connectivity index (χ0v) is 15.9. The number of guanidine groups is 1. The summed E-state index contributed by atoms with van der Waals surface area (Å²) in [5.41, 5.74) is 8.68. The number of benzene rings is 1. The third-order valence-corrected chi connectivity index (χ3v) is 4.94. The number of carbonyl (C=O) groups is 1. The van der Waals surface area contributed by atoms with E-state index in [2.05, 4.69) is 25.9 Å². The van der Waals surface area contributed by atoms with Gasteiger partial charge in [0.1, 0.15) is 6.04 Å². The molecule has 1 aromatic heterocycles. The average molecular weight is 402 g/mol. The van der Waals surface area contributed by atoms with Crippen molar-refractivity contribution in [3.05, 3.63) is 52.8 Å². The largest absolute Gasteiger partial charge is 0.437 e. The van der Waals surface area contributed by atoms with Crippen molar-refractivity contribution in [3.63, 3.8) is 0 Å². The number of rotatable bonds is 5. The fraction of sp³-hybridized carbons (Fsp3) is 0.368. The number of halogens is 2. The van der Waals surface area contributed by atoms with Crippen LogP contribution >= 0.6 is 0 Å². The lowest BCUT2D eigenvalue weighted by atomic mass is 10.0. The molecule has 0 saturated heterocycles. The molecule has 3 heterocycles. The Morgan fingerprint density at radius 3 is 2.83 bits per heavy atom. The molecule has 2 unspecified atom stereocenters. The summed E-state index contributed by atoms with van der Waals surface area (Å²) in [4.78, 5) is 20.3. The molecule has 2 aliphatic heterocycles. The van der Waals surface area contributed by atoms with Gasteiger partial charge in [-0.15, -0.1) is 0 Å². The molecule has 0 saturated carbocycles. The first-order valence-electron chi connectivity index (χ1n) is 9.25. The van der Waals surface area contributed by atoms with E-state index in [1.165, 1.54) is 0 Å². The second-order valence-corrected chi connectivity index (χ2v) is 6.72. The van der Waals surface area contributed by atoms with Crippen molar-refractivity contribution in [3.8, 4) is 0 Å². The number of alkyl halides is 2. The fourth-order valence-electron chi connectivity index (χ4n) is 3.41. The van der Waals surface area contributed by atoms with Crippen LogP contribution in [0.5, 0.6) is 0 Å². The van der Waals surface area contributed by atoms with Gasteiger partial charge in [0, 0.05) is 29.8 Å². The van der Waals surface area contributed by atoms with Crippen LogP contribution in [0.4, 0.5) is 8.78 Å². The van der Waals surface area contributed by atoms with Crippen LogP contribution < -0.4 is 10.9 Å². The van der Waals surface area contributed by atoms with Crippen LogP contribution in [-0.2, 0) is 11.3 Å². The van der Waals surface area contributed by atoms with Gasteiger partial charge in [0.15, 0.2) is 6.23 Å². The van der Waals surface area contributed by atoms with E-state index in [-0.39, 0.29) is 12.4 Å². The molecule has 0 aliphatic carbocycles.